The SMILES string of the molecule is CC(C)(c1ccc(NC2NN([C@H]3CCCC[C@@H]3C#N)C3CCNC(=O)C23)cc1)n1ccnn1. The minimum absolute atomic E-state index is 0.00828. The monoisotopic (exact) mass is 448 g/mol. The van der Waals surface area contributed by atoms with Crippen LogP contribution in [0.15, 0.2) is 36.7 Å². The summed E-state index contributed by atoms with van der Waals surface area (Å²) in [6.07, 6.45) is 8.39. The van der Waals surface area contributed by atoms with Gasteiger partial charge in [-0.1, -0.05) is 30.2 Å². The highest BCUT2D eigenvalue weighted by Crippen LogP contribution is 2.36. The zero-order valence-corrected chi connectivity index (χ0v) is 19.2. The first-order valence-corrected chi connectivity index (χ1v) is 11.9. The molecule has 2 aliphatic heterocycles. The van der Waals surface area contributed by atoms with Gasteiger partial charge in [0.1, 0.15) is 6.17 Å². The van der Waals surface area contributed by atoms with E-state index >= 15 is 0 Å². The fourth-order valence-corrected chi connectivity index (χ4v) is 5.69. The van der Waals surface area contributed by atoms with Crippen molar-refractivity contribution in [2.45, 2.75) is 69.7 Å². The lowest BCUT2D eigenvalue weighted by atomic mass is 9.83. The molecule has 9 nitrogen and oxygen atoms in total. The standard InChI is InChI=1S/C24H32N8O/c1-24(2,31-14-13-27-30-31)17-7-9-18(10-8-17)28-22-21-20(11-12-26-23(21)33)32(29-22)19-6-4-3-5-16(19)15-25/h7-10,13-14,16,19-22,28-29H,3-6,11-12H2,1-2H3,(H,26,33)/t16-,19+,20?,21?,22?/m1/s1. The van der Waals surface area contributed by atoms with E-state index in [2.05, 4.69) is 63.4 Å². The number of hydrogen-bond donors (Lipinski definition) is 3. The highest BCUT2D eigenvalue weighted by Gasteiger charge is 2.51. The third kappa shape index (κ3) is 3.98. The van der Waals surface area contributed by atoms with Crippen molar-refractivity contribution in [2.75, 3.05) is 11.9 Å². The molecule has 0 spiro atoms. The van der Waals surface area contributed by atoms with E-state index in [0.717, 1.165) is 43.4 Å². The van der Waals surface area contributed by atoms with Gasteiger partial charge in [0, 0.05) is 30.5 Å². The van der Waals surface area contributed by atoms with Crippen molar-refractivity contribution < 1.29 is 4.79 Å². The number of aromatic nitrogens is 3. The summed E-state index contributed by atoms with van der Waals surface area (Å²) in [4.78, 5) is 12.9. The topological polar surface area (TPSA) is 111 Å². The van der Waals surface area contributed by atoms with Gasteiger partial charge in [-0.15, -0.1) is 5.10 Å². The van der Waals surface area contributed by atoms with E-state index in [0.29, 0.717) is 6.54 Å². The molecule has 3 fully saturated rings. The molecule has 1 aromatic heterocycles. The van der Waals surface area contributed by atoms with Crippen molar-refractivity contribution in [3.05, 3.63) is 42.2 Å². The second-order valence-electron chi connectivity index (χ2n) is 9.90. The molecular weight excluding hydrogens is 416 g/mol. The fourth-order valence-electron chi connectivity index (χ4n) is 5.69. The van der Waals surface area contributed by atoms with Crippen molar-refractivity contribution in [3.8, 4) is 6.07 Å². The normalized spacial score (nSPS) is 30.3. The number of piperidine rings is 1. The number of nitriles is 1. The predicted molar refractivity (Wildman–Crippen MR) is 124 cm³/mol. The number of fused-ring (bicyclic) bond motifs is 1. The van der Waals surface area contributed by atoms with Crippen molar-refractivity contribution in [1.82, 2.24) is 30.7 Å². The summed E-state index contributed by atoms with van der Waals surface area (Å²) in [5.41, 5.74) is 5.35. The van der Waals surface area contributed by atoms with Gasteiger partial charge in [-0.2, -0.15) is 5.26 Å². The van der Waals surface area contributed by atoms with Gasteiger partial charge in [0.05, 0.1) is 29.6 Å². The maximum Gasteiger partial charge on any atom is 0.228 e. The van der Waals surface area contributed by atoms with Crippen molar-refractivity contribution in [1.29, 1.82) is 5.26 Å². The van der Waals surface area contributed by atoms with E-state index in [-0.39, 0.29) is 41.5 Å². The number of rotatable bonds is 5. The van der Waals surface area contributed by atoms with Gasteiger partial charge in [0.2, 0.25) is 5.91 Å². The van der Waals surface area contributed by atoms with Crippen LogP contribution in [-0.4, -0.2) is 50.7 Å². The van der Waals surface area contributed by atoms with Gasteiger partial charge < -0.3 is 10.6 Å². The molecule has 2 aromatic rings. The Labute approximate surface area is 194 Å². The maximum absolute atomic E-state index is 12.9. The molecular formula is C24H32N8O. The second kappa shape index (κ2) is 8.76. The van der Waals surface area contributed by atoms with Crippen molar-refractivity contribution in [2.24, 2.45) is 11.8 Å². The van der Waals surface area contributed by atoms with Crippen LogP contribution < -0.4 is 16.1 Å². The van der Waals surface area contributed by atoms with Crippen LogP contribution in [-0.2, 0) is 10.3 Å². The quantitative estimate of drug-likeness (QED) is 0.643. The fraction of sp³-hybridized carbons (Fsp3) is 0.583. The van der Waals surface area contributed by atoms with E-state index < -0.39 is 0 Å². The van der Waals surface area contributed by atoms with Gasteiger partial charge in [-0.3, -0.25) is 4.79 Å². The number of carbonyl (C=O) groups is 1. The first-order chi connectivity index (χ1) is 16.0. The van der Waals surface area contributed by atoms with Crippen LogP contribution in [0.1, 0.15) is 51.5 Å². The Morgan fingerprint density at radius 1 is 1.15 bits per heavy atom. The van der Waals surface area contributed by atoms with Gasteiger partial charge >= 0.3 is 0 Å². The predicted octanol–water partition coefficient (Wildman–Crippen LogP) is 2.21. The lowest BCUT2D eigenvalue weighted by molar-refractivity contribution is -0.128. The number of anilines is 1. The minimum Gasteiger partial charge on any atom is -0.368 e. The molecule has 3 N–H and O–H groups in total. The third-order valence-corrected chi connectivity index (χ3v) is 7.62. The van der Waals surface area contributed by atoms with Crippen LogP contribution in [0, 0.1) is 23.2 Å². The smallest absolute Gasteiger partial charge is 0.228 e. The molecule has 3 unspecified atom stereocenters. The van der Waals surface area contributed by atoms with Gasteiger partial charge in [0.25, 0.3) is 0 Å². The van der Waals surface area contributed by atoms with Crippen LogP contribution >= 0.6 is 0 Å². The molecule has 9 heteroatoms. The van der Waals surface area contributed by atoms with E-state index in [4.69, 9.17) is 0 Å². The van der Waals surface area contributed by atoms with E-state index in [9.17, 15) is 10.1 Å². The molecule has 0 radical (unpaired) electrons. The zero-order chi connectivity index (χ0) is 23.0. The van der Waals surface area contributed by atoms with Crippen LogP contribution in [0.5, 0.6) is 0 Å². The Morgan fingerprint density at radius 2 is 1.94 bits per heavy atom. The molecule has 33 heavy (non-hydrogen) atoms. The number of benzene rings is 1. The summed E-state index contributed by atoms with van der Waals surface area (Å²) in [7, 11) is 0. The molecule has 1 aromatic carbocycles. The summed E-state index contributed by atoms with van der Waals surface area (Å²) in [5.74, 6) is -0.118. The van der Waals surface area contributed by atoms with Crippen LogP contribution in [0.3, 0.4) is 0 Å². The van der Waals surface area contributed by atoms with Crippen LogP contribution in [0.2, 0.25) is 0 Å². The lowest BCUT2D eigenvalue weighted by Gasteiger charge is -2.39. The van der Waals surface area contributed by atoms with Gasteiger partial charge in [0.15, 0.2) is 0 Å². The minimum atomic E-state index is -0.320. The molecule has 2 saturated heterocycles. The second-order valence-corrected chi connectivity index (χ2v) is 9.90. The molecule has 3 heterocycles. The Bertz CT molecular complexity index is 1010. The average Bonchev–Trinajstić information content (AvgIpc) is 3.49. The Morgan fingerprint density at radius 3 is 2.67 bits per heavy atom. The third-order valence-electron chi connectivity index (χ3n) is 7.62. The number of hydrazine groups is 1. The van der Waals surface area contributed by atoms with Gasteiger partial charge in [-0.25, -0.2) is 15.1 Å². The number of nitrogens with zero attached hydrogens (tertiary/aromatic N) is 5. The molecule has 5 atom stereocenters. The zero-order valence-electron chi connectivity index (χ0n) is 19.2. The first-order valence-electron chi connectivity index (χ1n) is 11.9. The summed E-state index contributed by atoms with van der Waals surface area (Å²) in [5, 5.41) is 26.6. The summed E-state index contributed by atoms with van der Waals surface area (Å²) in [6, 6.07) is 11.0. The largest absolute Gasteiger partial charge is 0.368 e. The lowest BCUT2D eigenvalue weighted by Crippen LogP contribution is -2.54. The van der Waals surface area contributed by atoms with Crippen molar-refractivity contribution >= 4 is 11.6 Å². The van der Waals surface area contributed by atoms with E-state index in [1.165, 1.54) is 0 Å². The highest BCUT2D eigenvalue weighted by molar-refractivity contribution is 5.82. The molecule has 1 saturated carbocycles. The number of nitrogens with one attached hydrogen (secondary N) is 3. The molecule has 1 aliphatic carbocycles. The summed E-state index contributed by atoms with van der Waals surface area (Å²) >= 11 is 0. The highest BCUT2D eigenvalue weighted by atomic mass is 16.2. The van der Waals surface area contributed by atoms with Crippen LogP contribution in [0.4, 0.5) is 5.69 Å². The Kier molecular flexibility index (Phi) is 5.81. The first kappa shape index (κ1) is 21.9. The molecule has 0 bridgehead atoms. The summed E-state index contributed by atoms with van der Waals surface area (Å²) in [6.45, 7) is 4.89. The molecule has 3 aliphatic rings. The number of carbonyl (C=O) groups excluding carboxylic acids is 1. The number of amides is 1. The van der Waals surface area contributed by atoms with Crippen molar-refractivity contribution in [3.63, 3.8) is 0 Å². The molecule has 5 rings (SSSR count). The maximum atomic E-state index is 12.9. The van der Waals surface area contributed by atoms with Gasteiger partial charge in [-0.05, 0) is 50.8 Å². The van der Waals surface area contributed by atoms with Crippen LogP contribution in [0.25, 0.3) is 0 Å². The molecule has 174 valence electrons. The number of hydrogen-bond acceptors (Lipinski definition) is 7. The average molecular weight is 449 g/mol. The summed E-state index contributed by atoms with van der Waals surface area (Å²) < 4.78 is 1.85. The Balaban J connectivity index is 1.35. The molecule has 1 amide bonds. The Hall–Kier alpha value is -2.96. The van der Waals surface area contributed by atoms with E-state index in [1.807, 2.05) is 23.0 Å². The van der Waals surface area contributed by atoms with E-state index in [1.54, 1.807) is 6.20 Å².